The van der Waals surface area contributed by atoms with Crippen molar-refractivity contribution in [1.29, 1.82) is 0 Å². The molecule has 1 atom stereocenters. The molecule has 3 rings (SSSR count). The normalized spacial score (nSPS) is 17.6. The summed E-state index contributed by atoms with van der Waals surface area (Å²) < 4.78 is 37.1. The summed E-state index contributed by atoms with van der Waals surface area (Å²) in [7, 11) is -1.76. The molecule has 0 saturated heterocycles. The lowest BCUT2D eigenvalue weighted by Gasteiger charge is -2.38. The van der Waals surface area contributed by atoms with Gasteiger partial charge in [-0.3, -0.25) is 9.52 Å². The Balaban J connectivity index is 1.78. The second-order valence-corrected chi connectivity index (χ2v) is 9.59. The highest BCUT2D eigenvalue weighted by Gasteiger charge is 2.35. The van der Waals surface area contributed by atoms with Crippen LogP contribution in [0.3, 0.4) is 0 Å². The maximum atomic E-state index is 12.8. The summed E-state index contributed by atoms with van der Waals surface area (Å²) >= 11 is 0. The van der Waals surface area contributed by atoms with Crippen LogP contribution in [0.1, 0.15) is 49.2 Å². The van der Waals surface area contributed by atoms with Gasteiger partial charge in [0.1, 0.15) is 17.1 Å². The van der Waals surface area contributed by atoms with Crippen LogP contribution in [0.2, 0.25) is 0 Å². The molecule has 0 radical (unpaired) electrons. The lowest BCUT2D eigenvalue weighted by molar-refractivity contribution is 0.0617. The maximum Gasteiger partial charge on any atom is 0.251 e. The van der Waals surface area contributed by atoms with Gasteiger partial charge in [-0.2, -0.15) is 0 Å². The third kappa shape index (κ3) is 5.00. The summed E-state index contributed by atoms with van der Waals surface area (Å²) in [5, 5.41) is 3.06. The number of anilines is 1. The van der Waals surface area contributed by atoms with Crippen LogP contribution in [0, 0.1) is 0 Å². The van der Waals surface area contributed by atoms with E-state index in [4.69, 9.17) is 9.47 Å². The zero-order valence-corrected chi connectivity index (χ0v) is 17.8. The van der Waals surface area contributed by atoms with Gasteiger partial charge in [0.2, 0.25) is 10.0 Å². The molecule has 2 N–H and O–H groups in total. The Morgan fingerprint density at radius 3 is 2.52 bits per heavy atom. The molecular formula is C21H26N2O5S. The Morgan fingerprint density at radius 1 is 1.21 bits per heavy atom. The van der Waals surface area contributed by atoms with Crippen LogP contribution in [0.25, 0.3) is 0 Å². The van der Waals surface area contributed by atoms with Gasteiger partial charge in [-0.15, -0.1) is 0 Å². The summed E-state index contributed by atoms with van der Waals surface area (Å²) in [6.45, 7) is 5.51. The van der Waals surface area contributed by atoms with Crippen LogP contribution >= 0.6 is 0 Å². The van der Waals surface area contributed by atoms with Crippen LogP contribution in [0.5, 0.6) is 11.5 Å². The average molecular weight is 419 g/mol. The molecule has 1 amide bonds. The SMILES string of the molecule is CCS(=O)(=O)Nc1ccc(C(=O)N[C@@H]2CC(C)(C)Oc3cc(OC)ccc32)cc1. The minimum atomic E-state index is -3.36. The molecule has 2 aromatic rings. The first-order valence-corrected chi connectivity index (χ1v) is 11.1. The lowest BCUT2D eigenvalue weighted by atomic mass is 9.89. The first-order chi connectivity index (χ1) is 13.6. The van der Waals surface area contributed by atoms with Gasteiger partial charge in [0.25, 0.3) is 5.91 Å². The molecule has 0 saturated carbocycles. The first kappa shape index (κ1) is 21.0. The fourth-order valence-electron chi connectivity index (χ4n) is 3.27. The van der Waals surface area contributed by atoms with Gasteiger partial charge in [-0.05, 0) is 57.2 Å². The number of sulfonamides is 1. The summed E-state index contributed by atoms with van der Waals surface area (Å²) in [5.41, 5.74) is 1.32. The van der Waals surface area contributed by atoms with Crippen LogP contribution in [-0.2, 0) is 10.0 Å². The van der Waals surface area contributed by atoms with Crippen LogP contribution in [0.4, 0.5) is 5.69 Å². The Kier molecular flexibility index (Phi) is 5.75. The van der Waals surface area contributed by atoms with Crippen molar-refractivity contribution in [3.8, 4) is 11.5 Å². The van der Waals surface area contributed by atoms with Crippen molar-refractivity contribution in [2.45, 2.75) is 38.8 Å². The van der Waals surface area contributed by atoms with E-state index in [2.05, 4.69) is 10.0 Å². The Morgan fingerprint density at radius 2 is 1.90 bits per heavy atom. The fraction of sp³-hybridized carbons (Fsp3) is 0.381. The summed E-state index contributed by atoms with van der Waals surface area (Å²) in [6, 6.07) is 11.7. The van der Waals surface area contributed by atoms with E-state index in [1.54, 1.807) is 38.3 Å². The van der Waals surface area contributed by atoms with Gasteiger partial charge in [-0.1, -0.05) is 0 Å². The molecule has 29 heavy (non-hydrogen) atoms. The van der Waals surface area contributed by atoms with Crippen LogP contribution < -0.4 is 19.5 Å². The monoisotopic (exact) mass is 418 g/mol. The molecular weight excluding hydrogens is 392 g/mol. The van der Waals surface area contributed by atoms with Gasteiger partial charge in [0.15, 0.2) is 0 Å². The van der Waals surface area contributed by atoms with E-state index in [1.165, 1.54) is 0 Å². The molecule has 1 aliphatic heterocycles. The largest absolute Gasteiger partial charge is 0.497 e. The number of hydrogen-bond donors (Lipinski definition) is 2. The van der Waals surface area contributed by atoms with E-state index < -0.39 is 15.6 Å². The number of fused-ring (bicyclic) bond motifs is 1. The van der Waals surface area contributed by atoms with E-state index >= 15 is 0 Å². The molecule has 1 heterocycles. The minimum absolute atomic E-state index is 0.0149. The summed E-state index contributed by atoms with van der Waals surface area (Å²) in [4.78, 5) is 12.8. The van der Waals surface area contributed by atoms with E-state index in [1.807, 2.05) is 32.0 Å². The summed E-state index contributed by atoms with van der Waals surface area (Å²) in [6.07, 6.45) is 0.618. The Labute approximate surface area is 171 Å². The molecule has 0 aromatic heterocycles. The highest BCUT2D eigenvalue weighted by atomic mass is 32.2. The Hall–Kier alpha value is -2.74. The number of rotatable bonds is 6. The smallest absolute Gasteiger partial charge is 0.251 e. The number of methoxy groups -OCH3 is 1. The third-order valence-corrected chi connectivity index (χ3v) is 6.09. The Bertz CT molecular complexity index is 1000. The van der Waals surface area contributed by atoms with E-state index in [0.29, 0.717) is 29.2 Å². The molecule has 1 aliphatic rings. The molecule has 0 fully saturated rings. The van der Waals surface area contributed by atoms with Crippen molar-refractivity contribution in [3.63, 3.8) is 0 Å². The van der Waals surface area contributed by atoms with Crippen molar-refractivity contribution < 1.29 is 22.7 Å². The number of nitrogens with one attached hydrogen (secondary N) is 2. The van der Waals surface area contributed by atoms with Gasteiger partial charge in [0, 0.05) is 29.3 Å². The van der Waals surface area contributed by atoms with Crippen LogP contribution in [-0.4, -0.2) is 32.8 Å². The number of carbonyl (C=O) groups excluding carboxylic acids is 1. The highest BCUT2D eigenvalue weighted by Crippen LogP contribution is 2.41. The van der Waals surface area contributed by atoms with E-state index in [9.17, 15) is 13.2 Å². The second kappa shape index (κ2) is 7.94. The third-order valence-electron chi connectivity index (χ3n) is 4.78. The highest BCUT2D eigenvalue weighted by molar-refractivity contribution is 7.92. The van der Waals surface area contributed by atoms with Gasteiger partial charge >= 0.3 is 0 Å². The number of ether oxygens (including phenoxy) is 2. The topological polar surface area (TPSA) is 93.7 Å². The molecule has 0 aliphatic carbocycles. The predicted molar refractivity (Wildman–Crippen MR) is 112 cm³/mol. The van der Waals surface area contributed by atoms with Gasteiger partial charge < -0.3 is 14.8 Å². The second-order valence-electron chi connectivity index (χ2n) is 7.58. The predicted octanol–water partition coefficient (Wildman–Crippen LogP) is 3.49. The maximum absolute atomic E-state index is 12.8. The minimum Gasteiger partial charge on any atom is -0.497 e. The molecule has 0 spiro atoms. The average Bonchev–Trinajstić information content (AvgIpc) is 2.66. The van der Waals surface area contributed by atoms with E-state index in [0.717, 1.165) is 5.56 Å². The number of hydrogen-bond acceptors (Lipinski definition) is 5. The van der Waals surface area contributed by atoms with Gasteiger partial charge in [-0.25, -0.2) is 8.42 Å². The van der Waals surface area contributed by atoms with Crippen molar-refractivity contribution >= 4 is 21.6 Å². The summed E-state index contributed by atoms with van der Waals surface area (Å²) in [5.74, 6) is 1.13. The molecule has 8 heteroatoms. The first-order valence-electron chi connectivity index (χ1n) is 9.41. The van der Waals surface area contributed by atoms with Crippen molar-refractivity contribution in [3.05, 3.63) is 53.6 Å². The number of carbonyl (C=O) groups is 1. The van der Waals surface area contributed by atoms with Crippen molar-refractivity contribution in [2.75, 3.05) is 17.6 Å². The van der Waals surface area contributed by atoms with Crippen molar-refractivity contribution in [2.24, 2.45) is 0 Å². The quantitative estimate of drug-likeness (QED) is 0.749. The van der Waals surface area contributed by atoms with Gasteiger partial charge in [0.05, 0.1) is 18.9 Å². The zero-order valence-electron chi connectivity index (χ0n) is 17.0. The van der Waals surface area contributed by atoms with Crippen molar-refractivity contribution in [1.82, 2.24) is 5.32 Å². The molecule has 156 valence electrons. The number of amides is 1. The zero-order chi connectivity index (χ0) is 21.2. The molecule has 2 aromatic carbocycles. The van der Waals surface area contributed by atoms with Crippen LogP contribution in [0.15, 0.2) is 42.5 Å². The molecule has 0 bridgehead atoms. The molecule has 7 nitrogen and oxygen atoms in total. The fourth-order valence-corrected chi connectivity index (χ4v) is 3.91. The standard InChI is InChI=1S/C21H26N2O5S/c1-5-29(25,26)23-15-8-6-14(7-9-15)20(24)22-18-13-21(2,3)28-19-12-16(27-4)10-11-17(18)19/h6-12,18,23H,5,13H2,1-4H3,(H,22,24)/t18-/m1/s1. The molecule has 0 unspecified atom stereocenters. The number of benzene rings is 2. The lowest BCUT2D eigenvalue weighted by Crippen LogP contribution is -2.41. The van der Waals surface area contributed by atoms with E-state index in [-0.39, 0.29) is 17.7 Å².